The van der Waals surface area contributed by atoms with Gasteiger partial charge in [0.15, 0.2) is 0 Å². The minimum atomic E-state index is -4.63. The van der Waals surface area contributed by atoms with Gasteiger partial charge in [0.05, 0.1) is 11.5 Å². The van der Waals surface area contributed by atoms with Gasteiger partial charge in [-0.05, 0) is 18.6 Å². The Bertz CT molecular complexity index is 647. The van der Waals surface area contributed by atoms with Crippen molar-refractivity contribution in [2.24, 2.45) is 5.14 Å². The van der Waals surface area contributed by atoms with Crippen molar-refractivity contribution >= 4 is 20.1 Å². The van der Waals surface area contributed by atoms with E-state index in [1.807, 2.05) is 0 Å². The van der Waals surface area contributed by atoms with Crippen LogP contribution in [0.3, 0.4) is 0 Å². The molecule has 1 aromatic rings. The van der Waals surface area contributed by atoms with Gasteiger partial charge in [0.25, 0.3) is 10.1 Å². The van der Waals surface area contributed by atoms with Gasteiger partial charge in [-0.15, -0.1) is 0 Å². The Morgan fingerprint density at radius 3 is 2.12 bits per heavy atom. The van der Waals surface area contributed by atoms with Crippen LogP contribution in [0.5, 0.6) is 0 Å². The summed E-state index contributed by atoms with van der Waals surface area (Å²) in [5, 5.41) is 14.0. The predicted molar refractivity (Wildman–Crippen MR) is 58.3 cm³/mol. The summed E-state index contributed by atoms with van der Waals surface area (Å²) in [6.45, 7) is 0.523. The van der Waals surface area contributed by atoms with Crippen LogP contribution in [0.15, 0.2) is 21.9 Å². The van der Waals surface area contributed by atoms with Crippen molar-refractivity contribution in [3.05, 3.63) is 23.3 Å². The number of rotatable bonds is 3. The standard InChI is InChI=1S/C8H11NO6S2/c1-5-2-3-7(17(13,14)15)6(4-10)8(5)16(9,11)12/h2-3,10H,4H2,1H3,(H2,9,11,12)(H,13,14,15). The molecule has 0 unspecified atom stereocenters. The molecule has 7 nitrogen and oxygen atoms in total. The molecule has 0 spiro atoms. The Morgan fingerprint density at radius 1 is 1.24 bits per heavy atom. The van der Waals surface area contributed by atoms with E-state index < -0.39 is 42.1 Å². The molecule has 96 valence electrons. The molecule has 0 atom stereocenters. The van der Waals surface area contributed by atoms with E-state index in [-0.39, 0.29) is 5.56 Å². The lowest BCUT2D eigenvalue weighted by Gasteiger charge is -2.12. The summed E-state index contributed by atoms with van der Waals surface area (Å²) in [5.41, 5.74) is -0.251. The van der Waals surface area contributed by atoms with Gasteiger partial charge in [0.2, 0.25) is 10.0 Å². The van der Waals surface area contributed by atoms with Crippen molar-refractivity contribution < 1.29 is 26.5 Å². The van der Waals surface area contributed by atoms with E-state index in [0.29, 0.717) is 0 Å². The molecule has 0 heterocycles. The number of benzene rings is 1. The number of hydrogen-bond acceptors (Lipinski definition) is 5. The highest BCUT2D eigenvalue weighted by Crippen LogP contribution is 2.26. The summed E-state index contributed by atoms with van der Waals surface area (Å²) in [6, 6.07) is 2.19. The Balaban J connectivity index is 3.85. The fourth-order valence-corrected chi connectivity index (χ4v) is 3.33. The molecule has 4 N–H and O–H groups in total. The Hall–Kier alpha value is -1.00. The molecule has 0 fully saturated rings. The van der Waals surface area contributed by atoms with E-state index in [9.17, 15) is 16.8 Å². The number of aliphatic hydroxyl groups excluding tert-OH is 1. The van der Waals surface area contributed by atoms with Crippen molar-refractivity contribution in [2.75, 3.05) is 0 Å². The fourth-order valence-electron chi connectivity index (χ4n) is 1.51. The number of hydrogen-bond donors (Lipinski definition) is 3. The Labute approximate surface area is 98.7 Å². The zero-order valence-corrected chi connectivity index (χ0v) is 10.4. The molecule has 0 aliphatic rings. The molecular weight excluding hydrogens is 270 g/mol. The van der Waals surface area contributed by atoms with E-state index in [1.165, 1.54) is 13.0 Å². The van der Waals surface area contributed by atoms with Gasteiger partial charge >= 0.3 is 0 Å². The summed E-state index contributed by atoms with van der Waals surface area (Å²) in [4.78, 5) is -1.16. The van der Waals surface area contributed by atoms with Crippen molar-refractivity contribution in [1.82, 2.24) is 0 Å². The normalized spacial score (nSPS) is 12.7. The second-order valence-electron chi connectivity index (χ2n) is 3.37. The van der Waals surface area contributed by atoms with Crippen LogP contribution in [0, 0.1) is 6.92 Å². The predicted octanol–water partition coefficient (Wildman–Crippen LogP) is -0.619. The van der Waals surface area contributed by atoms with Crippen molar-refractivity contribution in [1.29, 1.82) is 0 Å². The van der Waals surface area contributed by atoms with Crippen molar-refractivity contribution in [2.45, 2.75) is 23.3 Å². The summed E-state index contributed by atoms with van der Waals surface area (Å²) < 4.78 is 53.5. The number of aryl methyl sites for hydroxylation is 1. The van der Waals surface area contributed by atoms with E-state index in [2.05, 4.69) is 0 Å². The first-order valence-electron chi connectivity index (χ1n) is 4.32. The number of primary sulfonamides is 1. The van der Waals surface area contributed by atoms with Crippen LogP contribution in [-0.2, 0) is 26.7 Å². The Kier molecular flexibility index (Phi) is 3.60. The molecule has 0 amide bonds. The lowest BCUT2D eigenvalue weighted by molar-refractivity contribution is 0.274. The maximum Gasteiger partial charge on any atom is 0.294 e. The molecule has 0 aromatic heterocycles. The largest absolute Gasteiger partial charge is 0.392 e. The first-order chi connectivity index (χ1) is 7.59. The highest BCUT2D eigenvalue weighted by atomic mass is 32.2. The van der Waals surface area contributed by atoms with Gasteiger partial charge in [-0.2, -0.15) is 8.42 Å². The SMILES string of the molecule is Cc1ccc(S(=O)(=O)O)c(CO)c1S(N)(=O)=O. The molecule has 1 aromatic carbocycles. The molecule has 0 aliphatic heterocycles. The van der Waals surface area contributed by atoms with Crippen LogP contribution >= 0.6 is 0 Å². The highest BCUT2D eigenvalue weighted by molar-refractivity contribution is 7.89. The van der Waals surface area contributed by atoms with Crippen molar-refractivity contribution in [3.8, 4) is 0 Å². The number of nitrogens with two attached hydrogens (primary N) is 1. The molecule has 0 radical (unpaired) electrons. The fraction of sp³-hybridized carbons (Fsp3) is 0.250. The average molecular weight is 281 g/mol. The summed E-state index contributed by atoms with van der Waals surface area (Å²) in [5.74, 6) is 0. The van der Waals surface area contributed by atoms with Crippen LogP contribution < -0.4 is 5.14 Å². The van der Waals surface area contributed by atoms with Gasteiger partial charge in [0, 0.05) is 5.56 Å². The monoisotopic (exact) mass is 281 g/mol. The van der Waals surface area contributed by atoms with E-state index in [4.69, 9.17) is 14.8 Å². The van der Waals surface area contributed by atoms with Gasteiger partial charge in [-0.3, -0.25) is 4.55 Å². The number of sulfonamides is 1. The zero-order chi connectivity index (χ0) is 13.4. The molecule has 0 saturated heterocycles. The van der Waals surface area contributed by atoms with E-state index in [0.717, 1.165) is 6.07 Å². The first-order valence-corrected chi connectivity index (χ1v) is 7.31. The summed E-state index contributed by atoms with van der Waals surface area (Å²) in [7, 11) is -8.82. The van der Waals surface area contributed by atoms with E-state index in [1.54, 1.807) is 0 Å². The lowest BCUT2D eigenvalue weighted by atomic mass is 10.1. The summed E-state index contributed by atoms with van der Waals surface area (Å²) >= 11 is 0. The topological polar surface area (TPSA) is 135 Å². The molecule has 9 heteroatoms. The third kappa shape index (κ3) is 2.82. The molecule has 0 saturated carbocycles. The molecule has 0 aliphatic carbocycles. The summed E-state index contributed by atoms with van der Waals surface area (Å²) in [6.07, 6.45) is 0. The first kappa shape index (κ1) is 14.1. The van der Waals surface area contributed by atoms with Gasteiger partial charge in [0.1, 0.15) is 4.90 Å². The molecular formula is C8H11NO6S2. The average Bonchev–Trinajstić information content (AvgIpc) is 2.12. The van der Waals surface area contributed by atoms with Gasteiger partial charge in [-0.25, -0.2) is 13.6 Å². The second-order valence-corrected chi connectivity index (χ2v) is 6.25. The van der Waals surface area contributed by atoms with Crippen LogP contribution in [0.4, 0.5) is 0 Å². The van der Waals surface area contributed by atoms with Crippen LogP contribution in [-0.4, -0.2) is 26.5 Å². The zero-order valence-electron chi connectivity index (χ0n) is 8.78. The molecule has 1 rings (SSSR count). The van der Waals surface area contributed by atoms with E-state index >= 15 is 0 Å². The van der Waals surface area contributed by atoms with Crippen LogP contribution in [0.25, 0.3) is 0 Å². The van der Waals surface area contributed by atoms with Crippen LogP contribution in [0.2, 0.25) is 0 Å². The third-order valence-corrected chi connectivity index (χ3v) is 4.21. The maximum atomic E-state index is 11.3. The smallest absolute Gasteiger partial charge is 0.294 e. The third-order valence-electron chi connectivity index (χ3n) is 2.13. The maximum absolute atomic E-state index is 11.3. The number of aliphatic hydroxyl groups is 1. The van der Waals surface area contributed by atoms with Gasteiger partial charge < -0.3 is 5.11 Å². The minimum absolute atomic E-state index is 0.184. The second kappa shape index (κ2) is 4.35. The molecule has 0 bridgehead atoms. The quantitative estimate of drug-likeness (QED) is 0.632. The van der Waals surface area contributed by atoms with Crippen LogP contribution in [0.1, 0.15) is 11.1 Å². The van der Waals surface area contributed by atoms with Crippen molar-refractivity contribution in [3.63, 3.8) is 0 Å². The molecule has 17 heavy (non-hydrogen) atoms. The highest BCUT2D eigenvalue weighted by Gasteiger charge is 2.24. The minimum Gasteiger partial charge on any atom is -0.392 e. The van der Waals surface area contributed by atoms with Gasteiger partial charge in [-0.1, -0.05) is 6.07 Å². The Morgan fingerprint density at radius 2 is 1.76 bits per heavy atom. The lowest BCUT2D eigenvalue weighted by Crippen LogP contribution is -2.18.